The lowest BCUT2D eigenvalue weighted by molar-refractivity contribution is -0.157. The number of piperidine rings is 1. The molecular formula is C29H42N4O5S. The molecule has 1 aromatic rings. The summed E-state index contributed by atoms with van der Waals surface area (Å²) in [6.07, 6.45) is 8.25. The number of fused-ring (bicyclic) bond motifs is 2. The normalized spacial score (nSPS) is 43.6. The average Bonchev–Trinajstić information content (AvgIpc) is 3.26. The largest absolute Gasteiger partial charge is 0.390 e. The van der Waals surface area contributed by atoms with Gasteiger partial charge in [0, 0.05) is 50.0 Å². The summed E-state index contributed by atoms with van der Waals surface area (Å²) in [5.74, 6) is 0.612. The van der Waals surface area contributed by atoms with Crippen molar-refractivity contribution in [3.05, 3.63) is 29.8 Å². The first-order chi connectivity index (χ1) is 18.5. The summed E-state index contributed by atoms with van der Waals surface area (Å²) in [6, 6.07) is 8.15. The number of hydrogen-bond donors (Lipinski definition) is 4. The van der Waals surface area contributed by atoms with Crippen LogP contribution in [-0.2, 0) is 20.4 Å². The zero-order valence-electron chi connectivity index (χ0n) is 22.8. The summed E-state index contributed by atoms with van der Waals surface area (Å²) in [6.45, 7) is 2.16. The van der Waals surface area contributed by atoms with Gasteiger partial charge in [0.25, 0.3) is 0 Å². The molecule has 0 radical (unpaired) electrons. The molecule has 3 aliphatic heterocycles. The zero-order chi connectivity index (χ0) is 27.2. The molecule has 214 valence electrons. The van der Waals surface area contributed by atoms with E-state index in [9.17, 15) is 23.4 Å². The first kappa shape index (κ1) is 26.2. The highest BCUT2D eigenvalue weighted by Gasteiger charge is 2.58. The van der Waals surface area contributed by atoms with Gasteiger partial charge in [-0.05, 0) is 86.8 Å². The molecule has 1 aromatic carbocycles. The number of carbonyl (C=O) groups excluding carboxylic acids is 1. The maximum atomic E-state index is 14.0. The second-order valence-corrected chi connectivity index (χ2v) is 15.6. The van der Waals surface area contributed by atoms with E-state index in [1.165, 1.54) is 10.6 Å². The monoisotopic (exact) mass is 558 g/mol. The van der Waals surface area contributed by atoms with Crippen LogP contribution in [0.5, 0.6) is 0 Å². The molecule has 9 nitrogen and oxygen atoms in total. The topological polar surface area (TPSA) is 122 Å². The van der Waals surface area contributed by atoms with Crippen molar-refractivity contribution in [3.63, 3.8) is 0 Å². The Balaban J connectivity index is 1.10. The average molecular weight is 559 g/mol. The highest BCUT2D eigenvalue weighted by molar-refractivity contribution is 7.88. The number of hydrogen-bond acceptors (Lipinski definition) is 7. The summed E-state index contributed by atoms with van der Waals surface area (Å²) in [7, 11) is -3.18. The van der Waals surface area contributed by atoms with E-state index < -0.39 is 27.1 Å². The highest BCUT2D eigenvalue weighted by Crippen LogP contribution is 2.56. The number of anilines is 1. The van der Waals surface area contributed by atoms with Crippen molar-refractivity contribution in [2.75, 3.05) is 37.3 Å². The van der Waals surface area contributed by atoms with Crippen molar-refractivity contribution in [2.24, 2.45) is 23.7 Å². The third-order valence-corrected chi connectivity index (χ3v) is 12.3. The Morgan fingerprint density at radius 1 is 0.974 bits per heavy atom. The number of benzene rings is 1. The van der Waals surface area contributed by atoms with Crippen LogP contribution in [0.15, 0.2) is 24.3 Å². The van der Waals surface area contributed by atoms with Gasteiger partial charge in [-0.1, -0.05) is 12.1 Å². The maximum Gasteiger partial charge on any atom is 0.228 e. The van der Waals surface area contributed by atoms with Crippen LogP contribution in [0.1, 0.15) is 56.9 Å². The number of amides is 1. The van der Waals surface area contributed by atoms with Gasteiger partial charge in [0.1, 0.15) is 5.60 Å². The van der Waals surface area contributed by atoms with Crippen molar-refractivity contribution in [1.82, 2.24) is 14.9 Å². The fourth-order valence-electron chi connectivity index (χ4n) is 9.52. The van der Waals surface area contributed by atoms with Gasteiger partial charge >= 0.3 is 0 Å². The van der Waals surface area contributed by atoms with Crippen LogP contribution in [-0.4, -0.2) is 85.0 Å². The van der Waals surface area contributed by atoms with Crippen LogP contribution in [0, 0.1) is 23.7 Å². The van der Waals surface area contributed by atoms with E-state index in [1.807, 2.05) is 24.3 Å². The molecule has 3 heterocycles. The van der Waals surface area contributed by atoms with E-state index in [2.05, 4.69) is 15.5 Å². The second kappa shape index (κ2) is 9.14. The van der Waals surface area contributed by atoms with Gasteiger partial charge in [-0.3, -0.25) is 4.79 Å². The Morgan fingerprint density at radius 3 is 2.26 bits per heavy atom. The molecule has 4 aliphatic carbocycles. The lowest BCUT2D eigenvalue weighted by Crippen LogP contribution is -2.65. The molecule has 7 fully saturated rings. The van der Waals surface area contributed by atoms with Crippen molar-refractivity contribution < 1.29 is 23.4 Å². The molecule has 3 saturated heterocycles. The fraction of sp³-hybridized carbons (Fsp3) is 0.759. The van der Waals surface area contributed by atoms with Crippen LogP contribution < -0.4 is 15.5 Å². The van der Waals surface area contributed by atoms with Crippen molar-refractivity contribution in [3.8, 4) is 0 Å². The number of nitrogens with zero attached hydrogens (tertiary/aromatic N) is 2. The van der Waals surface area contributed by atoms with Crippen molar-refractivity contribution >= 4 is 21.6 Å². The Morgan fingerprint density at radius 2 is 1.64 bits per heavy atom. The Labute approximate surface area is 231 Å². The number of nitrogens with one attached hydrogen (secondary N) is 2. The molecule has 0 spiro atoms. The summed E-state index contributed by atoms with van der Waals surface area (Å²) >= 11 is 0. The molecule has 9 atom stereocenters. The minimum Gasteiger partial charge on any atom is -0.390 e. The summed E-state index contributed by atoms with van der Waals surface area (Å²) < 4.78 is 25.3. The number of piperazine rings is 1. The smallest absolute Gasteiger partial charge is 0.228 e. The Hall–Kier alpha value is -1.72. The summed E-state index contributed by atoms with van der Waals surface area (Å²) in [4.78, 5) is 16.2. The van der Waals surface area contributed by atoms with E-state index in [0.717, 1.165) is 56.2 Å². The molecule has 0 aromatic heterocycles. The number of sulfonamides is 1. The van der Waals surface area contributed by atoms with Gasteiger partial charge in [0.2, 0.25) is 15.9 Å². The Bertz CT molecular complexity index is 1220. The van der Waals surface area contributed by atoms with Crippen LogP contribution >= 0.6 is 0 Å². The molecule has 7 aliphatic rings. The van der Waals surface area contributed by atoms with E-state index in [0.29, 0.717) is 50.4 Å². The first-order valence-corrected chi connectivity index (χ1v) is 16.7. The van der Waals surface area contributed by atoms with E-state index in [-0.39, 0.29) is 24.0 Å². The third-order valence-electron chi connectivity index (χ3n) is 11.0. The first-order valence-electron chi connectivity index (χ1n) is 14.8. The molecule has 6 bridgehead atoms. The lowest BCUT2D eigenvalue weighted by Gasteiger charge is -2.58. The van der Waals surface area contributed by atoms with Gasteiger partial charge in [0.05, 0.1) is 17.8 Å². The quantitative estimate of drug-likeness (QED) is 0.428. The van der Waals surface area contributed by atoms with Gasteiger partial charge < -0.3 is 25.7 Å². The minimum atomic E-state index is -3.18. The summed E-state index contributed by atoms with van der Waals surface area (Å²) in [5.41, 5.74) is -0.0134. The molecule has 4 N–H and O–H groups in total. The second-order valence-electron chi connectivity index (χ2n) is 13.6. The van der Waals surface area contributed by atoms with Gasteiger partial charge in [0.15, 0.2) is 0 Å². The SMILES string of the molecule is CS(=O)(=O)N1CCN(c2ccc(C3(O)CC4CCC(N4)C3C(=O)NC3[C@@H]4CC5C[C@H]3CC(O)(C5)C4)cc2)CC1. The summed E-state index contributed by atoms with van der Waals surface area (Å²) in [5, 5.41) is 30.3. The van der Waals surface area contributed by atoms with Crippen LogP contribution in [0.2, 0.25) is 0 Å². The Kier molecular flexibility index (Phi) is 6.14. The van der Waals surface area contributed by atoms with Gasteiger partial charge in [-0.25, -0.2) is 8.42 Å². The predicted molar refractivity (Wildman–Crippen MR) is 147 cm³/mol. The number of carbonyl (C=O) groups is 1. The number of aliphatic hydroxyl groups is 2. The van der Waals surface area contributed by atoms with E-state index >= 15 is 0 Å². The minimum absolute atomic E-state index is 0.0548. The molecule has 7 unspecified atom stereocenters. The zero-order valence-corrected chi connectivity index (χ0v) is 23.6. The molecule has 39 heavy (non-hydrogen) atoms. The van der Waals surface area contributed by atoms with Crippen molar-refractivity contribution in [1.29, 1.82) is 0 Å². The molecule has 8 rings (SSSR count). The van der Waals surface area contributed by atoms with Crippen molar-refractivity contribution in [2.45, 2.75) is 80.7 Å². The van der Waals surface area contributed by atoms with E-state index in [4.69, 9.17) is 0 Å². The maximum absolute atomic E-state index is 14.0. The molecule has 1 amide bonds. The highest BCUT2D eigenvalue weighted by atomic mass is 32.2. The third kappa shape index (κ3) is 4.51. The predicted octanol–water partition coefficient (Wildman–Crippen LogP) is 1.15. The molecular weight excluding hydrogens is 516 g/mol. The van der Waals surface area contributed by atoms with Gasteiger partial charge in [-0.15, -0.1) is 0 Å². The van der Waals surface area contributed by atoms with Crippen LogP contribution in [0.3, 0.4) is 0 Å². The van der Waals surface area contributed by atoms with Crippen LogP contribution in [0.25, 0.3) is 0 Å². The number of rotatable bonds is 5. The van der Waals surface area contributed by atoms with Crippen LogP contribution in [0.4, 0.5) is 5.69 Å². The fourth-order valence-corrected chi connectivity index (χ4v) is 10.3. The molecule has 10 heteroatoms. The standard InChI is InChI=1S/C29H42N4O5S/c1-39(37,38)33-10-8-32(9-11-33)23-5-2-21(3-6-23)29(36)17-22-4-7-24(30-22)25(29)27(34)31-26-19-12-18-13-20(26)16-28(35,14-18)15-19/h2-3,5-6,18-20,22,24-26,30,35-36H,4,7-17H2,1H3,(H,31,34)/t18?,19-,20+,22?,24?,25?,26?,28?,29?. The lowest BCUT2D eigenvalue weighted by atomic mass is 9.52. The van der Waals surface area contributed by atoms with E-state index in [1.54, 1.807) is 0 Å². The molecule has 4 saturated carbocycles. The van der Waals surface area contributed by atoms with Gasteiger partial charge in [-0.2, -0.15) is 4.31 Å².